The van der Waals surface area contributed by atoms with E-state index < -0.39 is 6.10 Å². The van der Waals surface area contributed by atoms with E-state index >= 15 is 0 Å². The Morgan fingerprint density at radius 2 is 1.78 bits per heavy atom. The first-order valence-electron chi connectivity index (χ1n) is 10.8. The highest BCUT2D eigenvalue weighted by atomic mass is 19.1. The zero-order valence-electron chi connectivity index (χ0n) is 17.8. The standard InChI is InChI=1S/C26H27FN2O3/c27-22-11-7-8-20(14-22)16-29(17-23(30)19-31-24-12-5-2-6-13-24)18-25-15-26(28-32-25)21-9-3-1-4-10-21/h1-14,23,25,30H,15-19H2/t23-,25+/m0/s1. The van der Waals surface area contributed by atoms with Crippen LogP contribution in [0.3, 0.4) is 0 Å². The molecule has 166 valence electrons. The molecule has 4 rings (SSSR count). The Bertz CT molecular complexity index is 1010. The van der Waals surface area contributed by atoms with Gasteiger partial charge in [-0.3, -0.25) is 4.90 Å². The zero-order chi connectivity index (χ0) is 22.2. The van der Waals surface area contributed by atoms with E-state index in [1.54, 1.807) is 6.07 Å². The second kappa shape index (κ2) is 10.9. The first-order valence-corrected chi connectivity index (χ1v) is 10.8. The maximum absolute atomic E-state index is 13.7. The molecule has 0 aliphatic carbocycles. The zero-order valence-corrected chi connectivity index (χ0v) is 17.8. The molecule has 0 saturated heterocycles. The summed E-state index contributed by atoms with van der Waals surface area (Å²) in [5.74, 6) is 0.436. The van der Waals surface area contributed by atoms with Crippen molar-refractivity contribution in [2.24, 2.45) is 5.16 Å². The van der Waals surface area contributed by atoms with Crippen LogP contribution in [-0.4, -0.2) is 47.6 Å². The summed E-state index contributed by atoms with van der Waals surface area (Å²) in [5.41, 5.74) is 2.79. The van der Waals surface area contributed by atoms with E-state index in [9.17, 15) is 9.50 Å². The number of hydrogen-bond acceptors (Lipinski definition) is 5. The molecule has 1 heterocycles. The average Bonchev–Trinajstić information content (AvgIpc) is 3.27. The number of rotatable bonds is 10. The van der Waals surface area contributed by atoms with E-state index in [4.69, 9.17) is 9.57 Å². The Labute approximate surface area is 187 Å². The van der Waals surface area contributed by atoms with Gasteiger partial charge in [0.05, 0.1) is 5.71 Å². The highest BCUT2D eigenvalue weighted by Crippen LogP contribution is 2.19. The molecule has 0 saturated carbocycles. The minimum Gasteiger partial charge on any atom is -0.491 e. The summed E-state index contributed by atoms with van der Waals surface area (Å²) in [7, 11) is 0. The summed E-state index contributed by atoms with van der Waals surface area (Å²) in [6, 6.07) is 25.9. The summed E-state index contributed by atoms with van der Waals surface area (Å²) in [6.07, 6.45) is -0.166. The molecule has 1 N–H and O–H groups in total. The van der Waals surface area contributed by atoms with Gasteiger partial charge in [-0.25, -0.2) is 4.39 Å². The Morgan fingerprint density at radius 3 is 2.53 bits per heavy atom. The number of oxime groups is 1. The molecule has 0 spiro atoms. The molecular formula is C26H27FN2O3. The van der Waals surface area contributed by atoms with Crippen LogP contribution in [0, 0.1) is 5.82 Å². The van der Waals surface area contributed by atoms with Gasteiger partial charge in [0.1, 0.15) is 30.4 Å². The van der Waals surface area contributed by atoms with Crippen LogP contribution in [0.1, 0.15) is 17.5 Å². The summed E-state index contributed by atoms with van der Waals surface area (Å²) >= 11 is 0. The van der Waals surface area contributed by atoms with Crippen molar-refractivity contribution in [3.63, 3.8) is 0 Å². The molecule has 0 bridgehead atoms. The van der Waals surface area contributed by atoms with E-state index in [2.05, 4.69) is 10.1 Å². The van der Waals surface area contributed by atoms with Gasteiger partial charge >= 0.3 is 0 Å². The third kappa shape index (κ3) is 6.39. The number of nitrogens with zero attached hydrogens (tertiary/aromatic N) is 2. The molecule has 6 heteroatoms. The third-order valence-electron chi connectivity index (χ3n) is 5.25. The van der Waals surface area contributed by atoms with Crippen LogP contribution in [0.4, 0.5) is 4.39 Å². The second-order valence-corrected chi connectivity index (χ2v) is 7.94. The van der Waals surface area contributed by atoms with Gasteiger partial charge in [-0.05, 0) is 35.4 Å². The van der Waals surface area contributed by atoms with E-state index in [1.807, 2.05) is 66.7 Å². The van der Waals surface area contributed by atoms with Crippen LogP contribution >= 0.6 is 0 Å². The van der Waals surface area contributed by atoms with E-state index in [0.29, 0.717) is 31.8 Å². The molecule has 5 nitrogen and oxygen atoms in total. The summed E-state index contributed by atoms with van der Waals surface area (Å²) in [4.78, 5) is 7.74. The predicted octanol–water partition coefficient (Wildman–Crippen LogP) is 4.26. The number of aliphatic hydroxyl groups is 1. The van der Waals surface area contributed by atoms with Crippen LogP contribution in [0.25, 0.3) is 0 Å². The van der Waals surface area contributed by atoms with Crippen molar-refractivity contribution in [1.82, 2.24) is 4.90 Å². The van der Waals surface area contributed by atoms with Crippen LogP contribution in [0.2, 0.25) is 0 Å². The number of benzene rings is 3. The van der Waals surface area contributed by atoms with E-state index in [0.717, 1.165) is 16.8 Å². The molecule has 32 heavy (non-hydrogen) atoms. The van der Waals surface area contributed by atoms with Gasteiger partial charge in [-0.15, -0.1) is 0 Å². The van der Waals surface area contributed by atoms with Crippen molar-refractivity contribution in [3.8, 4) is 5.75 Å². The van der Waals surface area contributed by atoms with Gasteiger partial charge in [-0.1, -0.05) is 65.8 Å². The van der Waals surface area contributed by atoms with Crippen LogP contribution < -0.4 is 4.74 Å². The average molecular weight is 435 g/mol. The minimum absolute atomic E-state index is 0.138. The summed E-state index contributed by atoms with van der Waals surface area (Å²) < 4.78 is 19.4. The van der Waals surface area contributed by atoms with Crippen molar-refractivity contribution >= 4 is 5.71 Å². The van der Waals surface area contributed by atoms with Crippen molar-refractivity contribution in [3.05, 3.63) is 102 Å². The van der Waals surface area contributed by atoms with Gasteiger partial charge in [0, 0.05) is 26.1 Å². The third-order valence-corrected chi connectivity index (χ3v) is 5.25. The number of halogens is 1. The smallest absolute Gasteiger partial charge is 0.145 e. The largest absolute Gasteiger partial charge is 0.491 e. The Kier molecular flexibility index (Phi) is 7.48. The fourth-order valence-electron chi connectivity index (χ4n) is 3.77. The Balaban J connectivity index is 1.37. The second-order valence-electron chi connectivity index (χ2n) is 7.94. The lowest BCUT2D eigenvalue weighted by atomic mass is 10.0. The van der Waals surface area contributed by atoms with E-state index in [-0.39, 0.29) is 18.5 Å². The monoisotopic (exact) mass is 434 g/mol. The molecule has 0 aromatic heterocycles. The highest BCUT2D eigenvalue weighted by molar-refractivity contribution is 6.01. The quantitative estimate of drug-likeness (QED) is 0.518. The first kappa shape index (κ1) is 22.0. The maximum atomic E-state index is 13.7. The number of hydrogen-bond donors (Lipinski definition) is 1. The molecule has 0 fully saturated rings. The van der Waals surface area contributed by atoms with Gasteiger partial charge in [0.2, 0.25) is 0 Å². The summed E-state index contributed by atoms with van der Waals surface area (Å²) in [5, 5.41) is 14.9. The minimum atomic E-state index is -0.709. The number of aliphatic hydroxyl groups excluding tert-OH is 1. The fraction of sp³-hybridized carbons (Fsp3) is 0.269. The van der Waals surface area contributed by atoms with Crippen molar-refractivity contribution in [2.45, 2.75) is 25.2 Å². The van der Waals surface area contributed by atoms with Crippen LogP contribution in [0.15, 0.2) is 90.1 Å². The SMILES string of the molecule is O[C@H](COc1ccccc1)CN(Cc1cccc(F)c1)C[C@H]1CC(c2ccccc2)=NO1. The van der Waals surface area contributed by atoms with Crippen molar-refractivity contribution < 1.29 is 19.1 Å². The summed E-state index contributed by atoms with van der Waals surface area (Å²) in [6.45, 7) is 1.57. The Morgan fingerprint density at radius 1 is 1.03 bits per heavy atom. The van der Waals surface area contributed by atoms with Gasteiger partial charge in [-0.2, -0.15) is 0 Å². The van der Waals surface area contributed by atoms with Crippen molar-refractivity contribution in [2.75, 3.05) is 19.7 Å². The van der Waals surface area contributed by atoms with Crippen molar-refractivity contribution in [1.29, 1.82) is 0 Å². The highest BCUT2D eigenvalue weighted by Gasteiger charge is 2.26. The van der Waals surface area contributed by atoms with Gasteiger partial charge < -0.3 is 14.7 Å². The molecule has 0 amide bonds. The lowest BCUT2D eigenvalue weighted by molar-refractivity contribution is 0.0213. The number of para-hydroxylation sites is 1. The normalized spacial score (nSPS) is 16.5. The predicted molar refractivity (Wildman–Crippen MR) is 122 cm³/mol. The molecule has 1 aliphatic rings. The number of ether oxygens (including phenoxy) is 1. The molecule has 0 radical (unpaired) electrons. The van der Waals surface area contributed by atoms with E-state index in [1.165, 1.54) is 12.1 Å². The Hall–Kier alpha value is -3.22. The van der Waals surface area contributed by atoms with Crippen LogP contribution in [-0.2, 0) is 11.4 Å². The van der Waals surface area contributed by atoms with Crippen LogP contribution in [0.5, 0.6) is 5.75 Å². The molecule has 2 atom stereocenters. The molecule has 3 aromatic rings. The molecule has 0 unspecified atom stereocenters. The topological polar surface area (TPSA) is 54.3 Å². The maximum Gasteiger partial charge on any atom is 0.145 e. The molecule has 3 aromatic carbocycles. The lowest BCUT2D eigenvalue weighted by Crippen LogP contribution is -2.39. The van der Waals surface area contributed by atoms with Gasteiger partial charge in [0.25, 0.3) is 0 Å². The van der Waals surface area contributed by atoms with Gasteiger partial charge in [0.15, 0.2) is 0 Å². The lowest BCUT2D eigenvalue weighted by Gasteiger charge is -2.27. The molecule has 1 aliphatic heterocycles. The molecular weight excluding hydrogens is 407 g/mol. The fourth-order valence-corrected chi connectivity index (χ4v) is 3.77. The first-order chi connectivity index (χ1) is 15.7.